The Morgan fingerprint density at radius 1 is 1.17 bits per heavy atom. The Morgan fingerprint density at radius 3 is 2.66 bits per heavy atom. The number of methoxy groups -OCH3 is 1. The minimum Gasteiger partial charge on any atom is -0.495 e. The minimum atomic E-state index is -0.152. The molecule has 1 aliphatic heterocycles. The SMILES string of the molecule is COc1ccc(Cl)cc1NC(=O)N1CCN(c2nc3cc(C)cc(C)c3s2)CC1. The fourth-order valence-electron chi connectivity index (χ4n) is 3.57. The lowest BCUT2D eigenvalue weighted by molar-refractivity contribution is 0.208. The van der Waals surface area contributed by atoms with Crippen LogP contribution in [0.15, 0.2) is 30.3 Å². The number of anilines is 2. The quantitative estimate of drug-likeness (QED) is 0.640. The highest BCUT2D eigenvalue weighted by Crippen LogP contribution is 2.33. The molecule has 1 aromatic heterocycles. The van der Waals surface area contributed by atoms with Gasteiger partial charge in [0.05, 0.1) is 23.0 Å². The second-order valence-electron chi connectivity index (χ2n) is 7.18. The van der Waals surface area contributed by atoms with Crippen LogP contribution in [0.25, 0.3) is 10.2 Å². The number of nitrogens with one attached hydrogen (secondary N) is 1. The second kappa shape index (κ2) is 8.08. The number of thiazole rings is 1. The maximum atomic E-state index is 12.7. The number of aromatic nitrogens is 1. The number of amides is 2. The third kappa shape index (κ3) is 4.11. The fourth-order valence-corrected chi connectivity index (χ4v) is 4.81. The molecule has 1 fully saturated rings. The molecular formula is C21H23ClN4O2S. The summed E-state index contributed by atoms with van der Waals surface area (Å²) in [6.07, 6.45) is 0. The smallest absolute Gasteiger partial charge is 0.322 e. The Hall–Kier alpha value is -2.51. The Morgan fingerprint density at radius 2 is 1.93 bits per heavy atom. The fraction of sp³-hybridized carbons (Fsp3) is 0.333. The van der Waals surface area contributed by atoms with Crippen molar-refractivity contribution in [2.75, 3.05) is 43.5 Å². The highest BCUT2D eigenvalue weighted by molar-refractivity contribution is 7.22. The Labute approximate surface area is 179 Å². The van der Waals surface area contributed by atoms with Gasteiger partial charge >= 0.3 is 6.03 Å². The van der Waals surface area contributed by atoms with E-state index in [-0.39, 0.29) is 6.03 Å². The van der Waals surface area contributed by atoms with Crippen LogP contribution in [-0.4, -0.2) is 49.2 Å². The summed E-state index contributed by atoms with van der Waals surface area (Å²) < 4.78 is 6.54. The molecule has 0 radical (unpaired) electrons. The monoisotopic (exact) mass is 430 g/mol. The van der Waals surface area contributed by atoms with Gasteiger partial charge in [0.15, 0.2) is 5.13 Å². The zero-order chi connectivity index (χ0) is 20.5. The molecule has 3 aromatic rings. The topological polar surface area (TPSA) is 57.7 Å². The van der Waals surface area contributed by atoms with Crippen molar-refractivity contribution >= 4 is 50.0 Å². The van der Waals surface area contributed by atoms with Crippen molar-refractivity contribution in [3.05, 3.63) is 46.5 Å². The van der Waals surface area contributed by atoms with Crippen molar-refractivity contribution in [2.45, 2.75) is 13.8 Å². The number of hydrogen-bond acceptors (Lipinski definition) is 5. The van der Waals surface area contributed by atoms with E-state index in [1.54, 1.807) is 41.5 Å². The first-order valence-electron chi connectivity index (χ1n) is 9.47. The summed E-state index contributed by atoms with van der Waals surface area (Å²) in [5, 5.41) is 4.47. The van der Waals surface area contributed by atoms with E-state index in [1.165, 1.54) is 15.8 Å². The average molecular weight is 431 g/mol. The molecule has 152 valence electrons. The first-order valence-corrected chi connectivity index (χ1v) is 10.7. The predicted molar refractivity (Wildman–Crippen MR) is 120 cm³/mol. The summed E-state index contributed by atoms with van der Waals surface area (Å²) in [4.78, 5) is 21.6. The first-order chi connectivity index (χ1) is 13.9. The average Bonchev–Trinajstić information content (AvgIpc) is 3.13. The Kier molecular flexibility index (Phi) is 5.52. The van der Waals surface area contributed by atoms with Gasteiger partial charge in [-0.2, -0.15) is 0 Å². The normalized spacial score (nSPS) is 14.3. The number of urea groups is 1. The van der Waals surface area contributed by atoms with Gasteiger partial charge < -0.3 is 19.9 Å². The number of benzene rings is 2. The molecule has 1 N–H and O–H groups in total. The molecule has 0 bridgehead atoms. The number of carbonyl (C=O) groups is 1. The van der Waals surface area contributed by atoms with E-state index >= 15 is 0 Å². The van der Waals surface area contributed by atoms with E-state index in [4.69, 9.17) is 21.3 Å². The number of halogens is 1. The summed E-state index contributed by atoms with van der Waals surface area (Å²) in [5.41, 5.74) is 4.11. The van der Waals surface area contributed by atoms with Crippen LogP contribution in [0.4, 0.5) is 15.6 Å². The number of aryl methyl sites for hydroxylation is 2. The number of fused-ring (bicyclic) bond motifs is 1. The minimum absolute atomic E-state index is 0.152. The maximum absolute atomic E-state index is 12.7. The van der Waals surface area contributed by atoms with Crippen molar-refractivity contribution in [3.8, 4) is 5.75 Å². The molecule has 0 aliphatic carbocycles. The number of nitrogens with zero attached hydrogens (tertiary/aromatic N) is 3. The molecule has 6 nitrogen and oxygen atoms in total. The lowest BCUT2D eigenvalue weighted by Crippen LogP contribution is -2.50. The van der Waals surface area contributed by atoms with Crippen molar-refractivity contribution in [1.29, 1.82) is 0 Å². The van der Waals surface area contributed by atoms with Crippen LogP contribution in [0.5, 0.6) is 5.75 Å². The van der Waals surface area contributed by atoms with Crippen LogP contribution in [0.3, 0.4) is 0 Å². The van der Waals surface area contributed by atoms with Crippen LogP contribution in [0.2, 0.25) is 5.02 Å². The van der Waals surface area contributed by atoms with Gasteiger partial charge in [0.1, 0.15) is 5.75 Å². The third-order valence-electron chi connectivity index (χ3n) is 5.05. The van der Waals surface area contributed by atoms with Gasteiger partial charge in [0.2, 0.25) is 0 Å². The second-order valence-corrected chi connectivity index (χ2v) is 8.59. The zero-order valence-electron chi connectivity index (χ0n) is 16.7. The van der Waals surface area contributed by atoms with Crippen molar-refractivity contribution < 1.29 is 9.53 Å². The van der Waals surface area contributed by atoms with Crippen LogP contribution in [0, 0.1) is 13.8 Å². The van der Waals surface area contributed by atoms with Crippen LogP contribution < -0.4 is 15.0 Å². The summed E-state index contributed by atoms with van der Waals surface area (Å²) in [6.45, 7) is 6.97. The predicted octanol–water partition coefficient (Wildman–Crippen LogP) is 4.93. The lowest BCUT2D eigenvalue weighted by atomic mass is 10.1. The molecule has 1 aliphatic rings. The van der Waals surface area contributed by atoms with E-state index in [0.717, 1.165) is 23.7 Å². The third-order valence-corrected chi connectivity index (χ3v) is 6.55. The van der Waals surface area contributed by atoms with Gasteiger partial charge in [-0.15, -0.1) is 0 Å². The number of ether oxygens (including phenoxy) is 1. The lowest BCUT2D eigenvalue weighted by Gasteiger charge is -2.34. The molecule has 2 heterocycles. The summed E-state index contributed by atoms with van der Waals surface area (Å²) in [5.74, 6) is 0.585. The molecule has 1 saturated heterocycles. The number of hydrogen-bond donors (Lipinski definition) is 1. The van der Waals surface area contributed by atoms with Crippen molar-refractivity contribution in [1.82, 2.24) is 9.88 Å². The summed E-state index contributed by atoms with van der Waals surface area (Å²) in [6, 6.07) is 9.34. The van der Waals surface area contributed by atoms with Gasteiger partial charge in [-0.3, -0.25) is 0 Å². The van der Waals surface area contributed by atoms with Crippen LogP contribution >= 0.6 is 22.9 Å². The summed E-state index contributed by atoms with van der Waals surface area (Å²) >= 11 is 7.77. The molecule has 2 aromatic carbocycles. The molecule has 0 spiro atoms. The van der Waals surface area contributed by atoms with Gasteiger partial charge in [-0.05, 0) is 49.2 Å². The molecule has 29 heavy (non-hydrogen) atoms. The Balaban J connectivity index is 1.42. The van der Waals surface area contributed by atoms with E-state index in [9.17, 15) is 4.79 Å². The zero-order valence-corrected chi connectivity index (χ0v) is 18.2. The molecular weight excluding hydrogens is 408 g/mol. The molecule has 8 heteroatoms. The number of piperazine rings is 1. The molecule has 0 unspecified atom stereocenters. The van der Waals surface area contributed by atoms with Crippen molar-refractivity contribution in [3.63, 3.8) is 0 Å². The Bertz CT molecular complexity index is 1060. The molecule has 2 amide bonds. The number of rotatable bonds is 3. The van der Waals surface area contributed by atoms with E-state index in [2.05, 4.69) is 36.2 Å². The highest BCUT2D eigenvalue weighted by Gasteiger charge is 2.24. The molecule has 0 atom stereocenters. The number of carbonyl (C=O) groups excluding carboxylic acids is 1. The first kappa shape index (κ1) is 19.8. The van der Waals surface area contributed by atoms with Crippen LogP contribution in [0.1, 0.15) is 11.1 Å². The standard InChI is InChI=1S/C21H23ClN4O2S/c1-13-10-14(2)19-17(11-13)24-21(29-19)26-8-6-25(7-9-26)20(27)23-16-12-15(22)4-5-18(16)28-3/h4-5,10-12H,6-9H2,1-3H3,(H,23,27). The van der Waals surface area contributed by atoms with Gasteiger partial charge in [-0.1, -0.05) is 29.0 Å². The maximum Gasteiger partial charge on any atom is 0.322 e. The largest absolute Gasteiger partial charge is 0.495 e. The van der Waals surface area contributed by atoms with Gasteiger partial charge in [-0.25, -0.2) is 9.78 Å². The van der Waals surface area contributed by atoms with E-state index < -0.39 is 0 Å². The van der Waals surface area contributed by atoms with Crippen molar-refractivity contribution in [2.24, 2.45) is 0 Å². The molecule has 0 saturated carbocycles. The van der Waals surface area contributed by atoms with E-state index in [0.29, 0.717) is 29.5 Å². The summed E-state index contributed by atoms with van der Waals surface area (Å²) in [7, 11) is 1.57. The van der Waals surface area contributed by atoms with E-state index in [1.807, 2.05) is 0 Å². The van der Waals surface area contributed by atoms with Gasteiger partial charge in [0, 0.05) is 31.2 Å². The highest BCUT2D eigenvalue weighted by atomic mass is 35.5. The van der Waals surface area contributed by atoms with Gasteiger partial charge in [0.25, 0.3) is 0 Å². The van der Waals surface area contributed by atoms with Crippen LogP contribution in [-0.2, 0) is 0 Å². The molecule has 4 rings (SSSR count).